The number of hydrogen-bond donors (Lipinski definition) is 2. The predicted octanol–water partition coefficient (Wildman–Crippen LogP) is 0.781. The number of nitrogens with one attached hydrogen (secondary N) is 2. The normalized spacial score (nSPS) is 12.5. The highest BCUT2D eigenvalue weighted by atomic mass is 32.2. The molecule has 0 radical (unpaired) electrons. The molecule has 120 valence electrons. The highest BCUT2D eigenvalue weighted by Crippen LogP contribution is 2.08. The van der Waals surface area contributed by atoms with Gasteiger partial charge in [0.05, 0.1) is 11.4 Å². The maximum Gasteiger partial charge on any atom is 0.216 e. The van der Waals surface area contributed by atoms with Gasteiger partial charge in [-0.25, -0.2) is 18.4 Å². The number of oxazole rings is 1. The molecular weight excluding hydrogens is 292 g/mol. The Kier molecular flexibility index (Phi) is 6.67. The van der Waals surface area contributed by atoms with Gasteiger partial charge in [-0.1, -0.05) is 0 Å². The molecule has 0 aliphatic carbocycles. The zero-order chi connectivity index (χ0) is 15.9. The molecule has 0 aliphatic heterocycles. The molecule has 1 aromatic rings. The lowest BCUT2D eigenvalue weighted by Crippen LogP contribution is -2.38. The van der Waals surface area contributed by atoms with E-state index in [9.17, 15) is 8.42 Å². The molecule has 21 heavy (non-hydrogen) atoms. The molecule has 7 nitrogen and oxygen atoms in total. The molecule has 1 rings (SSSR count). The molecule has 0 spiro atoms. The van der Waals surface area contributed by atoms with Crippen molar-refractivity contribution >= 4 is 15.8 Å². The Bertz CT molecular complexity index is 559. The van der Waals surface area contributed by atoms with Crippen LogP contribution in [-0.2, 0) is 16.4 Å². The first-order valence-corrected chi connectivity index (χ1v) is 9.00. The fourth-order valence-electron chi connectivity index (χ4n) is 1.64. The Balaban J connectivity index is 2.49. The summed E-state index contributed by atoms with van der Waals surface area (Å²) >= 11 is 0. The highest BCUT2D eigenvalue weighted by molar-refractivity contribution is 7.90. The maximum absolute atomic E-state index is 11.1. The third kappa shape index (κ3) is 7.12. The van der Waals surface area contributed by atoms with Crippen LogP contribution in [0.15, 0.2) is 9.41 Å². The molecule has 0 saturated heterocycles. The van der Waals surface area contributed by atoms with E-state index in [1.165, 1.54) is 6.26 Å². The minimum Gasteiger partial charge on any atom is -0.444 e. The Hall–Kier alpha value is -1.57. The molecular formula is C13H24N4O3S. The van der Waals surface area contributed by atoms with Crippen LogP contribution in [0.2, 0.25) is 0 Å². The van der Waals surface area contributed by atoms with E-state index in [1.54, 1.807) is 0 Å². The molecule has 0 bridgehead atoms. The van der Waals surface area contributed by atoms with E-state index in [2.05, 4.69) is 20.6 Å². The Labute approximate surface area is 126 Å². The summed E-state index contributed by atoms with van der Waals surface area (Å²) in [6.07, 6.45) is 1.78. The van der Waals surface area contributed by atoms with Gasteiger partial charge >= 0.3 is 0 Å². The fourth-order valence-corrected chi connectivity index (χ4v) is 2.31. The molecule has 2 N–H and O–H groups in total. The first kappa shape index (κ1) is 17.5. The van der Waals surface area contributed by atoms with E-state index in [4.69, 9.17) is 4.42 Å². The molecule has 0 atom stereocenters. The molecule has 0 unspecified atom stereocenters. The maximum atomic E-state index is 11.1. The average molecular weight is 316 g/mol. The molecule has 0 aliphatic rings. The minimum atomic E-state index is -2.92. The van der Waals surface area contributed by atoms with Crippen LogP contribution >= 0.6 is 0 Å². The van der Waals surface area contributed by atoms with Crippen molar-refractivity contribution in [3.05, 3.63) is 17.3 Å². The summed E-state index contributed by atoms with van der Waals surface area (Å²) in [4.78, 5) is 8.62. The van der Waals surface area contributed by atoms with E-state index in [0.29, 0.717) is 31.4 Å². The van der Waals surface area contributed by atoms with Crippen molar-refractivity contribution in [2.45, 2.75) is 33.7 Å². The van der Waals surface area contributed by atoms with Gasteiger partial charge in [-0.2, -0.15) is 0 Å². The van der Waals surface area contributed by atoms with E-state index in [-0.39, 0.29) is 5.75 Å². The number of aliphatic imine (C=N–C) groups is 1. The Morgan fingerprint density at radius 3 is 2.57 bits per heavy atom. The van der Waals surface area contributed by atoms with Crippen molar-refractivity contribution in [1.29, 1.82) is 0 Å². The largest absolute Gasteiger partial charge is 0.444 e. The van der Waals surface area contributed by atoms with Gasteiger partial charge in [0.25, 0.3) is 0 Å². The number of hydrogen-bond acceptors (Lipinski definition) is 5. The average Bonchev–Trinajstić information content (AvgIpc) is 2.70. The third-order valence-electron chi connectivity index (χ3n) is 2.77. The van der Waals surface area contributed by atoms with Gasteiger partial charge < -0.3 is 15.1 Å². The van der Waals surface area contributed by atoms with Gasteiger partial charge in [0.2, 0.25) is 5.89 Å². The summed E-state index contributed by atoms with van der Waals surface area (Å²) < 4.78 is 27.6. The van der Waals surface area contributed by atoms with Crippen molar-refractivity contribution in [1.82, 2.24) is 15.6 Å². The summed E-state index contributed by atoms with van der Waals surface area (Å²) in [6, 6.07) is 0. The van der Waals surface area contributed by atoms with Crippen LogP contribution in [0.3, 0.4) is 0 Å². The molecule has 1 heterocycles. The second kappa shape index (κ2) is 8.02. The van der Waals surface area contributed by atoms with Crippen molar-refractivity contribution in [3.8, 4) is 0 Å². The van der Waals surface area contributed by atoms with E-state index < -0.39 is 9.84 Å². The summed E-state index contributed by atoms with van der Waals surface area (Å²) in [6.45, 7) is 7.33. The Morgan fingerprint density at radius 2 is 2.05 bits per heavy atom. The highest BCUT2D eigenvalue weighted by Gasteiger charge is 2.06. The molecule has 0 aromatic carbocycles. The summed E-state index contributed by atoms with van der Waals surface area (Å²) in [5.74, 6) is 2.15. The zero-order valence-electron chi connectivity index (χ0n) is 13.1. The number of rotatable bonds is 7. The first-order chi connectivity index (χ1) is 9.81. The van der Waals surface area contributed by atoms with E-state index in [1.807, 2.05) is 20.8 Å². The number of aromatic nitrogens is 1. The summed E-state index contributed by atoms with van der Waals surface area (Å²) in [5, 5.41) is 6.18. The summed E-state index contributed by atoms with van der Waals surface area (Å²) in [5.41, 5.74) is 0.867. The minimum absolute atomic E-state index is 0.164. The van der Waals surface area contributed by atoms with Crippen LogP contribution < -0.4 is 10.6 Å². The van der Waals surface area contributed by atoms with Crippen molar-refractivity contribution in [2.75, 3.05) is 25.1 Å². The molecule has 0 amide bonds. The lowest BCUT2D eigenvalue weighted by atomic mass is 10.4. The monoisotopic (exact) mass is 316 g/mol. The quantitative estimate of drug-likeness (QED) is 0.438. The van der Waals surface area contributed by atoms with Crippen LogP contribution in [-0.4, -0.2) is 44.5 Å². The lowest BCUT2D eigenvalue weighted by Gasteiger charge is -2.10. The number of guanidine groups is 1. The summed E-state index contributed by atoms with van der Waals surface area (Å²) in [7, 11) is -2.92. The number of aryl methyl sites for hydroxylation is 2. The van der Waals surface area contributed by atoms with Gasteiger partial charge in [-0.05, 0) is 27.2 Å². The second-order valence-electron chi connectivity index (χ2n) is 4.85. The van der Waals surface area contributed by atoms with Gasteiger partial charge in [0.15, 0.2) is 5.96 Å². The van der Waals surface area contributed by atoms with Gasteiger partial charge in [-0.3, -0.25) is 0 Å². The standard InChI is InChI=1S/C13H24N4O3S/c1-5-14-13(15-7-6-8-21(4,18)19)16-9-12-17-10(2)11(3)20-12/h5-9H2,1-4H3,(H2,14,15,16). The molecule has 0 saturated carbocycles. The number of nitrogens with zero attached hydrogens (tertiary/aromatic N) is 2. The fraction of sp³-hybridized carbons (Fsp3) is 0.692. The topological polar surface area (TPSA) is 96.6 Å². The van der Waals surface area contributed by atoms with Crippen LogP contribution in [0.4, 0.5) is 0 Å². The predicted molar refractivity (Wildman–Crippen MR) is 83.1 cm³/mol. The molecule has 8 heteroatoms. The van der Waals surface area contributed by atoms with Crippen molar-refractivity contribution in [3.63, 3.8) is 0 Å². The lowest BCUT2D eigenvalue weighted by molar-refractivity contribution is 0.473. The van der Waals surface area contributed by atoms with Crippen LogP contribution in [0.1, 0.15) is 30.7 Å². The van der Waals surface area contributed by atoms with Crippen LogP contribution in [0.25, 0.3) is 0 Å². The SMILES string of the molecule is CCNC(=NCc1nc(C)c(C)o1)NCCCS(C)(=O)=O. The number of sulfone groups is 1. The van der Waals surface area contributed by atoms with E-state index in [0.717, 1.165) is 18.0 Å². The zero-order valence-corrected chi connectivity index (χ0v) is 13.9. The first-order valence-electron chi connectivity index (χ1n) is 6.94. The second-order valence-corrected chi connectivity index (χ2v) is 7.11. The van der Waals surface area contributed by atoms with Gasteiger partial charge in [0.1, 0.15) is 22.1 Å². The van der Waals surface area contributed by atoms with E-state index >= 15 is 0 Å². The smallest absolute Gasteiger partial charge is 0.216 e. The van der Waals surface area contributed by atoms with Crippen molar-refractivity contribution in [2.24, 2.45) is 4.99 Å². The van der Waals surface area contributed by atoms with Crippen LogP contribution in [0, 0.1) is 13.8 Å². The van der Waals surface area contributed by atoms with Gasteiger partial charge in [0, 0.05) is 19.3 Å². The van der Waals surface area contributed by atoms with Crippen molar-refractivity contribution < 1.29 is 12.8 Å². The molecule has 0 fully saturated rings. The third-order valence-corrected chi connectivity index (χ3v) is 3.80. The van der Waals surface area contributed by atoms with Gasteiger partial charge in [-0.15, -0.1) is 0 Å². The van der Waals surface area contributed by atoms with Crippen LogP contribution in [0.5, 0.6) is 0 Å². The molecule has 1 aromatic heterocycles. The Morgan fingerprint density at radius 1 is 1.33 bits per heavy atom.